The third-order valence-corrected chi connectivity index (χ3v) is 3.96. The fraction of sp³-hybridized carbons (Fsp3) is 0.500. The monoisotopic (exact) mass is 182 g/mol. The van der Waals surface area contributed by atoms with Gasteiger partial charge in [-0.3, -0.25) is 0 Å². The van der Waals surface area contributed by atoms with Crippen LogP contribution in [0.25, 0.3) is 0 Å². The van der Waals surface area contributed by atoms with Crippen LogP contribution in [0.3, 0.4) is 0 Å². The second-order valence-corrected chi connectivity index (χ2v) is 5.15. The molecule has 1 saturated carbocycles. The quantitative estimate of drug-likeness (QED) is 0.644. The maximum absolute atomic E-state index is 11.6. The molecule has 1 aromatic heterocycles. The van der Waals surface area contributed by atoms with E-state index in [0.29, 0.717) is 11.2 Å². The third-order valence-electron chi connectivity index (χ3n) is 1.96. The summed E-state index contributed by atoms with van der Waals surface area (Å²) < 4.78 is 11.6. The third kappa shape index (κ3) is 1.56. The molecule has 2 rings (SSSR count). The predicted molar refractivity (Wildman–Crippen MR) is 48.4 cm³/mol. The fourth-order valence-corrected chi connectivity index (χ4v) is 2.64. The summed E-state index contributed by atoms with van der Waals surface area (Å²) in [5.74, 6) is 0. The van der Waals surface area contributed by atoms with Crippen molar-refractivity contribution in [2.24, 2.45) is 0 Å². The topological polar surface area (TPSA) is 42.9 Å². The van der Waals surface area contributed by atoms with Crippen molar-refractivity contribution in [1.82, 2.24) is 9.97 Å². The van der Waals surface area contributed by atoms with Crippen molar-refractivity contribution in [2.75, 3.05) is 0 Å². The van der Waals surface area contributed by atoms with Crippen LogP contribution in [0.4, 0.5) is 0 Å². The summed E-state index contributed by atoms with van der Waals surface area (Å²) in [7, 11) is -1.67. The van der Waals surface area contributed by atoms with Crippen molar-refractivity contribution >= 4 is 13.4 Å². The average molecular weight is 182 g/mol. The Morgan fingerprint density at radius 2 is 2.33 bits per heavy atom. The van der Waals surface area contributed by atoms with Gasteiger partial charge in [0.05, 0.1) is 0 Å². The largest absolute Gasteiger partial charge is 0.318 e. The van der Waals surface area contributed by atoms with Gasteiger partial charge in [-0.15, -0.1) is 0 Å². The Balaban J connectivity index is 2.26. The Morgan fingerprint density at radius 1 is 1.58 bits per heavy atom. The molecule has 1 aliphatic carbocycles. The molecule has 0 spiro atoms. The Hall–Kier alpha value is -0.690. The van der Waals surface area contributed by atoms with E-state index in [1.165, 1.54) is 0 Å². The highest BCUT2D eigenvalue weighted by atomic mass is 31.1. The van der Waals surface area contributed by atoms with Crippen molar-refractivity contribution in [2.45, 2.75) is 25.4 Å². The van der Waals surface area contributed by atoms with Gasteiger partial charge in [-0.2, -0.15) is 0 Å². The zero-order valence-corrected chi connectivity index (χ0v) is 7.95. The summed E-state index contributed by atoms with van der Waals surface area (Å²) in [5, 5.41) is 0. The second-order valence-electron chi connectivity index (χ2n) is 3.16. The number of rotatable bonds is 2. The molecule has 0 N–H and O–H groups in total. The van der Waals surface area contributed by atoms with E-state index in [1.807, 2.05) is 13.0 Å². The van der Waals surface area contributed by atoms with Crippen LogP contribution >= 0.6 is 7.80 Å². The van der Waals surface area contributed by atoms with Gasteiger partial charge in [-0.25, -0.2) is 9.97 Å². The molecule has 1 aliphatic rings. The van der Waals surface area contributed by atoms with Crippen LogP contribution in [0.5, 0.6) is 0 Å². The van der Waals surface area contributed by atoms with E-state index in [0.717, 1.165) is 18.5 Å². The van der Waals surface area contributed by atoms with Gasteiger partial charge in [0.15, 0.2) is 5.57 Å². The van der Waals surface area contributed by atoms with E-state index in [9.17, 15) is 4.57 Å². The number of nitrogens with zero attached hydrogens (tertiary/aromatic N) is 2. The van der Waals surface area contributed by atoms with Gasteiger partial charge in [-0.1, -0.05) is 0 Å². The minimum atomic E-state index is -1.67. The molecule has 0 amide bonds. The van der Waals surface area contributed by atoms with Crippen LogP contribution in [-0.2, 0) is 4.57 Å². The molecular weight excluding hydrogens is 171 g/mol. The van der Waals surface area contributed by atoms with E-state index in [4.69, 9.17) is 0 Å². The Bertz CT molecular complexity index is 323. The first-order chi connectivity index (χ1) is 5.77. The highest BCUT2D eigenvalue weighted by Gasteiger charge is 2.30. The molecule has 0 radical (unpaired) electrons. The van der Waals surface area contributed by atoms with Gasteiger partial charge < -0.3 is 4.57 Å². The molecule has 0 bridgehead atoms. The summed E-state index contributed by atoms with van der Waals surface area (Å²) in [6.45, 7) is 1.90. The zero-order chi connectivity index (χ0) is 8.55. The predicted octanol–water partition coefficient (Wildman–Crippen LogP) is 1.13. The van der Waals surface area contributed by atoms with Crippen molar-refractivity contribution in [3.63, 3.8) is 0 Å². The smallest absolute Gasteiger partial charge is 0.186 e. The maximum atomic E-state index is 11.6. The summed E-state index contributed by atoms with van der Waals surface area (Å²) in [5.41, 5.74) is 1.87. The molecule has 3 nitrogen and oxygen atoms in total. The molecule has 0 aromatic carbocycles. The van der Waals surface area contributed by atoms with Crippen LogP contribution in [0.2, 0.25) is 0 Å². The molecule has 0 aliphatic heterocycles. The summed E-state index contributed by atoms with van der Waals surface area (Å²) in [6.07, 6.45) is 3.87. The van der Waals surface area contributed by atoms with Gasteiger partial charge in [0.2, 0.25) is 0 Å². The van der Waals surface area contributed by atoms with Gasteiger partial charge in [0, 0.05) is 17.5 Å². The highest BCUT2D eigenvalue weighted by molar-refractivity contribution is 7.54. The van der Waals surface area contributed by atoms with E-state index in [-0.39, 0.29) is 0 Å². The normalized spacial score (nSPS) is 19.1. The Labute approximate surface area is 72.0 Å². The van der Waals surface area contributed by atoms with Crippen molar-refractivity contribution in [3.8, 4) is 0 Å². The molecule has 4 heteroatoms. The highest BCUT2D eigenvalue weighted by Crippen LogP contribution is 2.42. The van der Waals surface area contributed by atoms with E-state index >= 15 is 0 Å². The fourth-order valence-electron chi connectivity index (χ4n) is 1.10. The van der Waals surface area contributed by atoms with Gasteiger partial charge >= 0.3 is 0 Å². The number of hydrogen-bond acceptors (Lipinski definition) is 3. The summed E-state index contributed by atoms with van der Waals surface area (Å²) in [6, 6.07) is 1.82. The van der Waals surface area contributed by atoms with Crippen molar-refractivity contribution in [1.29, 1.82) is 0 Å². The minimum absolute atomic E-state index is 0.400. The van der Waals surface area contributed by atoms with Crippen LogP contribution in [0.15, 0.2) is 12.3 Å². The molecule has 1 fully saturated rings. The Morgan fingerprint density at radius 3 is 2.92 bits per heavy atom. The number of aryl methyl sites for hydroxylation is 1. The Kier molecular flexibility index (Phi) is 1.97. The first-order valence-electron chi connectivity index (χ1n) is 4.11. The molecule has 1 aromatic rings. The number of aromatic nitrogens is 2. The second kappa shape index (κ2) is 2.98. The van der Waals surface area contributed by atoms with Crippen LogP contribution in [0.1, 0.15) is 18.5 Å². The zero-order valence-electron chi connectivity index (χ0n) is 6.95. The van der Waals surface area contributed by atoms with E-state index in [2.05, 4.69) is 9.97 Å². The lowest BCUT2D eigenvalue weighted by Crippen LogP contribution is -2.10. The number of hydrogen-bond donors (Lipinski definition) is 0. The van der Waals surface area contributed by atoms with Crippen LogP contribution in [0, 0.1) is 6.92 Å². The summed E-state index contributed by atoms with van der Waals surface area (Å²) in [4.78, 5) is 8.18. The first-order valence-corrected chi connectivity index (χ1v) is 5.60. The molecule has 1 atom stereocenters. The maximum Gasteiger partial charge on any atom is 0.186 e. The molecular formula is C8H11N2OP. The van der Waals surface area contributed by atoms with Crippen LogP contribution in [-0.4, -0.2) is 15.6 Å². The molecule has 1 heterocycles. The van der Waals surface area contributed by atoms with Crippen molar-refractivity contribution in [3.05, 3.63) is 18.0 Å². The lowest BCUT2D eigenvalue weighted by Gasteiger charge is -1.98. The summed E-state index contributed by atoms with van der Waals surface area (Å²) >= 11 is 0. The standard InChI is InChI=1S/C8H11N2OP/c1-6-4-5-9-8(10-6)12(11)7-2-3-7/h4-5,7,12H,2-3H2,1H3. The van der Waals surface area contributed by atoms with Gasteiger partial charge in [-0.05, 0) is 25.8 Å². The van der Waals surface area contributed by atoms with Crippen molar-refractivity contribution < 1.29 is 4.57 Å². The SMILES string of the molecule is Cc1ccnc([PH](=O)C2CC2)n1. The van der Waals surface area contributed by atoms with E-state index < -0.39 is 7.80 Å². The molecule has 0 saturated heterocycles. The minimum Gasteiger partial charge on any atom is -0.318 e. The lowest BCUT2D eigenvalue weighted by atomic mass is 10.5. The van der Waals surface area contributed by atoms with Crippen LogP contribution < -0.4 is 5.57 Å². The van der Waals surface area contributed by atoms with E-state index in [1.54, 1.807) is 6.20 Å². The average Bonchev–Trinajstić information content (AvgIpc) is 2.85. The molecule has 12 heavy (non-hydrogen) atoms. The lowest BCUT2D eigenvalue weighted by molar-refractivity contribution is 0.591. The molecule has 1 unspecified atom stereocenters. The molecule has 64 valence electrons. The van der Waals surface area contributed by atoms with Gasteiger partial charge in [0.25, 0.3) is 0 Å². The first kappa shape index (κ1) is 7.93. The van der Waals surface area contributed by atoms with Gasteiger partial charge in [0.1, 0.15) is 7.80 Å².